The maximum Gasteiger partial charge on any atom is 0.573 e. The second kappa shape index (κ2) is 9.34. The van der Waals surface area contributed by atoms with Gasteiger partial charge in [-0.2, -0.15) is 0 Å². The summed E-state index contributed by atoms with van der Waals surface area (Å²) in [4.78, 5) is 14.9. The Morgan fingerprint density at radius 2 is 1.90 bits per heavy atom. The molecule has 2 aromatic carbocycles. The molecule has 5 nitrogen and oxygen atoms in total. The van der Waals surface area contributed by atoms with E-state index in [0.717, 1.165) is 11.1 Å². The van der Waals surface area contributed by atoms with Gasteiger partial charge < -0.3 is 14.6 Å². The van der Waals surface area contributed by atoms with Gasteiger partial charge >= 0.3 is 12.3 Å². The van der Waals surface area contributed by atoms with Crippen molar-refractivity contribution in [1.82, 2.24) is 4.98 Å². The Kier molecular flexibility index (Phi) is 6.59. The highest BCUT2D eigenvalue weighted by Crippen LogP contribution is 2.30. The van der Waals surface area contributed by atoms with Crippen molar-refractivity contribution in [3.05, 3.63) is 88.7 Å². The molecule has 1 aromatic heterocycles. The SMILES string of the molecule is Cc1cccc(COc2ccc(OC(F)(F)F)cc2/C=C/c2ccc(C(=O)O)cn2)c1. The Labute approximate surface area is 176 Å². The molecule has 0 aliphatic heterocycles. The molecule has 1 N–H and O–H groups in total. The standard InChI is InChI=1S/C23H18F3NO4/c1-15-3-2-4-16(11-15)14-30-21-10-9-20(31-23(24,25)26)12-17(21)5-7-19-8-6-18(13-27-19)22(28)29/h2-13H,14H2,1H3,(H,28,29)/b7-5+. The maximum atomic E-state index is 12.6. The normalized spacial score (nSPS) is 11.5. The molecule has 0 bridgehead atoms. The second-order valence-corrected chi connectivity index (χ2v) is 6.64. The average molecular weight is 429 g/mol. The van der Waals surface area contributed by atoms with E-state index in [-0.39, 0.29) is 17.9 Å². The summed E-state index contributed by atoms with van der Waals surface area (Å²) in [7, 11) is 0. The van der Waals surface area contributed by atoms with Crippen LogP contribution in [0.4, 0.5) is 13.2 Å². The van der Waals surface area contributed by atoms with E-state index in [2.05, 4.69) is 9.72 Å². The lowest BCUT2D eigenvalue weighted by Gasteiger charge is -2.13. The lowest BCUT2D eigenvalue weighted by molar-refractivity contribution is -0.274. The van der Waals surface area contributed by atoms with Gasteiger partial charge in [0, 0.05) is 11.8 Å². The van der Waals surface area contributed by atoms with Crippen LogP contribution in [0, 0.1) is 6.92 Å². The highest BCUT2D eigenvalue weighted by Gasteiger charge is 2.31. The van der Waals surface area contributed by atoms with Gasteiger partial charge in [0.2, 0.25) is 0 Å². The number of hydrogen-bond acceptors (Lipinski definition) is 4. The Balaban J connectivity index is 1.86. The zero-order valence-corrected chi connectivity index (χ0v) is 16.4. The number of alkyl halides is 3. The van der Waals surface area contributed by atoms with Gasteiger partial charge in [-0.1, -0.05) is 29.8 Å². The minimum Gasteiger partial charge on any atom is -0.488 e. The number of halogens is 3. The van der Waals surface area contributed by atoms with Crippen LogP contribution < -0.4 is 9.47 Å². The Bertz CT molecular complexity index is 1090. The quantitative estimate of drug-likeness (QED) is 0.519. The summed E-state index contributed by atoms with van der Waals surface area (Å²) in [5.41, 5.74) is 2.78. The van der Waals surface area contributed by atoms with Gasteiger partial charge in [0.05, 0.1) is 11.3 Å². The molecule has 0 aliphatic carbocycles. The third-order valence-corrected chi connectivity index (χ3v) is 4.16. The monoisotopic (exact) mass is 429 g/mol. The number of aryl methyl sites for hydroxylation is 1. The molecule has 0 radical (unpaired) electrons. The Hall–Kier alpha value is -3.81. The predicted molar refractivity (Wildman–Crippen MR) is 109 cm³/mol. The van der Waals surface area contributed by atoms with E-state index < -0.39 is 12.3 Å². The fourth-order valence-corrected chi connectivity index (χ4v) is 2.75. The molecule has 3 aromatic rings. The number of ether oxygens (including phenoxy) is 2. The van der Waals surface area contributed by atoms with E-state index in [0.29, 0.717) is 17.0 Å². The van der Waals surface area contributed by atoms with Gasteiger partial charge in [-0.15, -0.1) is 13.2 Å². The number of nitrogens with zero attached hydrogens (tertiary/aromatic N) is 1. The summed E-state index contributed by atoms with van der Waals surface area (Å²) in [6, 6.07) is 14.3. The third kappa shape index (κ3) is 6.60. The molecule has 0 saturated heterocycles. The molecule has 1 heterocycles. The van der Waals surface area contributed by atoms with Crippen LogP contribution in [0.2, 0.25) is 0 Å². The number of hydrogen-bond donors (Lipinski definition) is 1. The van der Waals surface area contributed by atoms with Crippen LogP contribution in [-0.4, -0.2) is 22.4 Å². The van der Waals surface area contributed by atoms with Crippen molar-refractivity contribution in [3.63, 3.8) is 0 Å². The van der Waals surface area contributed by atoms with Crippen molar-refractivity contribution < 1.29 is 32.5 Å². The lowest BCUT2D eigenvalue weighted by Crippen LogP contribution is -2.17. The van der Waals surface area contributed by atoms with Crippen molar-refractivity contribution in [2.75, 3.05) is 0 Å². The minimum absolute atomic E-state index is 0.0277. The molecule has 0 spiro atoms. The maximum absolute atomic E-state index is 12.6. The van der Waals surface area contributed by atoms with E-state index in [1.54, 1.807) is 0 Å². The third-order valence-electron chi connectivity index (χ3n) is 4.16. The topological polar surface area (TPSA) is 68.7 Å². The fraction of sp³-hybridized carbons (Fsp3) is 0.130. The Morgan fingerprint density at radius 1 is 1.10 bits per heavy atom. The molecule has 31 heavy (non-hydrogen) atoms. The zero-order valence-electron chi connectivity index (χ0n) is 16.4. The van der Waals surface area contributed by atoms with Crippen LogP contribution in [-0.2, 0) is 6.61 Å². The predicted octanol–water partition coefficient (Wildman–Crippen LogP) is 5.74. The molecule has 0 atom stereocenters. The van der Waals surface area contributed by atoms with Gasteiger partial charge in [0.15, 0.2) is 0 Å². The first kappa shape index (κ1) is 21.9. The summed E-state index contributed by atoms with van der Waals surface area (Å²) < 4.78 is 47.6. The molecular formula is C23H18F3NO4. The molecule has 160 valence electrons. The van der Waals surface area contributed by atoms with Crippen molar-refractivity contribution in [1.29, 1.82) is 0 Å². The first-order valence-corrected chi connectivity index (χ1v) is 9.15. The van der Waals surface area contributed by atoms with Crippen LogP contribution in [0.5, 0.6) is 11.5 Å². The first-order chi connectivity index (χ1) is 14.7. The smallest absolute Gasteiger partial charge is 0.488 e. The van der Waals surface area contributed by atoms with Crippen molar-refractivity contribution in [2.24, 2.45) is 0 Å². The summed E-state index contributed by atoms with van der Waals surface area (Å²) >= 11 is 0. The summed E-state index contributed by atoms with van der Waals surface area (Å²) in [6.07, 6.45) is -0.561. The van der Waals surface area contributed by atoms with Crippen LogP contribution in [0.25, 0.3) is 12.2 Å². The molecule has 8 heteroatoms. The highest BCUT2D eigenvalue weighted by atomic mass is 19.4. The molecule has 0 unspecified atom stereocenters. The number of benzene rings is 2. The molecule has 0 amide bonds. The van der Waals surface area contributed by atoms with E-state index >= 15 is 0 Å². The number of carboxylic acids is 1. The summed E-state index contributed by atoms with van der Waals surface area (Å²) in [6.45, 7) is 2.18. The van der Waals surface area contributed by atoms with Crippen molar-refractivity contribution in [2.45, 2.75) is 19.9 Å². The van der Waals surface area contributed by atoms with Gasteiger partial charge in [-0.25, -0.2) is 4.79 Å². The van der Waals surface area contributed by atoms with Crippen molar-refractivity contribution in [3.8, 4) is 11.5 Å². The highest BCUT2D eigenvalue weighted by molar-refractivity contribution is 5.87. The van der Waals surface area contributed by atoms with E-state index in [1.165, 1.54) is 48.7 Å². The number of rotatable bonds is 7. The largest absolute Gasteiger partial charge is 0.573 e. The zero-order chi connectivity index (χ0) is 22.4. The minimum atomic E-state index is -4.82. The lowest BCUT2D eigenvalue weighted by atomic mass is 10.1. The van der Waals surface area contributed by atoms with Crippen LogP contribution in [0.15, 0.2) is 60.8 Å². The number of aromatic carboxylic acids is 1. The van der Waals surface area contributed by atoms with Crippen LogP contribution in [0.1, 0.15) is 32.7 Å². The van der Waals surface area contributed by atoms with Gasteiger partial charge in [-0.3, -0.25) is 4.98 Å². The van der Waals surface area contributed by atoms with Gasteiger partial charge in [0.1, 0.15) is 18.1 Å². The number of pyridine rings is 1. The van der Waals surface area contributed by atoms with E-state index in [9.17, 15) is 18.0 Å². The van der Waals surface area contributed by atoms with E-state index in [1.807, 2.05) is 31.2 Å². The van der Waals surface area contributed by atoms with Gasteiger partial charge in [0.25, 0.3) is 0 Å². The van der Waals surface area contributed by atoms with Crippen LogP contribution >= 0.6 is 0 Å². The number of aromatic nitrogens is 1. The molecule has 3 rings (SSSR count). The average Bonchev–Trinajstić information content (AvgIpc) is 2.70. The molecule has 0 saturated carbocycles. The van der Waals surface area contributed by atoms with E-state index in [4.69, 9.17) is 9.84 Å². The number of carbonyl (C=O) groups is 1. The van der Waals surface area contributed by atoms with Gasteiger partial charge in [-0.05, 0) is 55.0 Å². The molecule has 0 fully saturated rings. The molecule has 0 aliphatic rings. The first-order valence-electron chi connectivity index (χ1n) is 9.15. The number of carboxylic acid groups (broad SMARTS) is 1. The Morgan fingerprint density at radius 3 is 2.55 bits per heavy atom. The van der Waals surface area contributed by atoms with Crippen LogP contribution in [0.3, 0.4) is 0 Å². The van der Waals surface area contributed by atoms with Crippen molar-refractivity contribution >= 4 is 18.1 Å². The second-order valence-electron chi connectivity index (χ2n) is 6.64. The summed E-state index contributed by atoms with van der Waals surface area (Å²) in [5, 5.41) is 8.93. The fourth-order valence-electron chi connectivity index (χ4n) is 2.75. The molecular weight excluding hydrogens is 411 g/mol. The summed E-state index contributed by atoms with van der Waals surface area (Å²) in [5.74, 6) is -1.13.